The van der Waals surface area contributed by atoms with Gasteiger partial charge in [-0.25, -0.2) is 0 Å². The number of amides is 1. The summed E-state index contributed by atoms with van der Waals surface area (Å²) in [5.74, 6) is 0.0720. The van der Waals surface area contributed by atoms with Crippen molar-refractivity contribution < 1.29 is 4.79 Å². The van der Waals surface area contributed by atoms with Crippen molar-refractivity contribution in [1.82, 2.24) is 5.32 Å². The maximum atomic E-state index is 10.9. The van der Waals surface area contributed by atoms with Crippen molar-refractivity contribution in [3.05, 3.63) is 22.8 Å². The van der Waals surface area contributed by atoms with Crippen LogP contribution in [0.5, 0.6) is 0 Å². The van der Waals surface area contributed by atoms with Gasteiger partial charge in [0.1, 0.15) is 0 Å². The van der Waals surface area contributed by atoms with Gasteiger partial charge >= 0.3 is 0 Å². The summed E-state index contributed by atoms with van der Waals surface area (Å²) in [5.41, 5.74) is 1.11. The number of thioether (sulfide) groups is 1. The quantitative estimate of drug-likeness (QED) is 0.646. The van der Waals surface area contributed by atoms with Gasteiger partial charge in [0.25, 0.3) is 0 Å². The fraction of sp³-hybridized carbons (Fsp3) is 0.375. The molecular formula is C8H11NOS. The van der Waals surface area contributed by atoms with Crippen LogP contribution in [0.25, 0.3) is 0 Å². The molecule has 0 bridgehead atoms. The highest BCUT2D eigenvalue weighted by Gasteiger charge is 2.05. The topological polar surface area (TPSA) is 29.1 Å². The summed E-state index contributed by atoms with van der Waals surface area (Å²) in [4.78, 5) is 12.1. The highest BCUT2D eigenvalue weighted by Crippen LogP contribution is 2.17. The van der Waals surface area contributed by atoms with Crippen LogP contribution in [-0.2, 0) is 4.79 Å². The maximum absolute atomic E-state index is 10.9. The van der Waals surface area contributed by atoms with Crippen molar-refractivity contribution in [3.63, 3.8) is 0 Å². The number of rotatable bonds is 1. The zero-order chi connectivity index (χ0) is 8.27. The molecular weight excluding hydrogens is 158 g/mol. The Morgan fingerprint density at radius 2 is 2.36 bits per heavy atom. The molecule has 1 amide bonds. The predicted molar refractivity (Wildman–Crippen MR) is 48.1 cm³/mol. The average Bonchev–Trinajstić information content (AvgIpc) is 2.11. The largest absolute Gasteiger partial charge is 0.331 e. The maximum Gasteiger partial charge on any atom is 0.228 e. The third-order valence-electron chi connectivity index (χ3n) is 1.44. The first-order valence-electron chi connectivity index (χ1n) is 3.43. The van der Waals surface area contributed by atoms with Crippen LogP contribution >= 0.6 is 11.8 Å². The van der Waals surface area contributed by atoms with Crippen LogP contribution < -0.4 is 5.32 Å². The Labute approximate surface area is 70.7 Å². The lowest BCUT2D eigenvalue weighted by Crippen LogP contribution is -2.15. The van der Waals surface area contributed by atoms with Gasteiger partial charge < -0.3 is 5.32 Å². The number of carbonyl (C=O) groups is 1. The minimum atomic E-state index is 0.0720. The molecule has 0 fully saturated rings. The first kappa shape index (κ1) is 8.40. The van der Waals surface area contributed by atoms with Gasteiger partial charge in [-0.15, -0.1) is 11.8 Å². The average molecular weight is 169 g/mol. The molecule has 0 saturated heterocycles. The summed E-state index contributed by atoms with van der Waals surface area (Å²) in [6.07, 6.45) is 6.29. The van der Waals surface area contributed by atoms with E-state index in [1.807, 2.05) is 19.3 Å². The van der Waals surface area contributed by atoms with Crippen LogP contribution in [0.3, 0.4) is 0 Å². The van der Waals surface area contributed by atoms with Gasteiger partial charge in [0, 0.05) is 17.5 Å². The molecule has 2 nitrogen and oxygen atoms in total. The lowest BCUT2D eigenvalue weighted by atomic mass is 10.2. The fourth-order valence-corrected chi connectivity index (χ4v) is 1.41. The molecule has 1 rings (SSSR count). The zero-order valence-electron chi connectivity index (χ0n) is 6.68. The third-order valence-corrected chi connectivity index (χ3v) is 2.15. The molecule has 0 aromatic carbocycles. The summed E-state index contributed by atoms with van der Waals surface area (Å²) in [6.45, 7) is 1.97. The van der Waals surface area contributed by atoms with E-state index in [1.165, 1.54) is 0 Å². The molecule has 0 unspecified atom stereocenters. The van der Waals surface area contributed by atoms with Crippen LogP contribution in [0.2, 0.25) is 0 Å². The Morgan fingerprint density at radius 3 is 3.00 bits per heavy atom. The summed E-state index contributed by atoms with van der Waals surface area (Å²) >= 11 is 1.63. The monoisotopic (exact) mass is 169 g/mol. The standard InChI is InChI=1S/C8H11NOS/c1-6-3-7(11-2)5-9-8(10)4-6/h3,5H,4H2,1-2H3,(H,9,10). The van der Waals surface area contributed by atoms with Crippen LogP contribution in [0.15, 0.2) is 22.8 Å². The molecule has 1 N–H and O–H groups in total. The Hall–Kier alpha value is -0.700. The molecule has 1 aliphatic heterocycles. The molecule has 11 heavy (non-hydrogen) atoms. The second kappa shape index (κ2) is 3.62. The van der Waals surface area contributed by atoms with Gasteiger partial charge in [0.15, 0.2) is 0 Å². The highest BCUT2D eigenvalue weighted by atomic mass is 32.2. The number of allylic oxidation sites excluding steroid dienone is 1. The van der Waals surface area contributed by atoms with Gasteiger partial charge in [-0.05, 0) is 19.3 Å². The molecule has 0 aromatic heterocycles. The Kier molecular flexibility index (Phi) is 2.76. The summed E-state index contributed by atoms with van der Waals surface area (Å²) in [7, 11) is 0. The SMILES string of the molecule is CSC1=CNC(=O)CC(C)=C1. The van der Waals surface area contributed by atoms with Crippen LogP contribution in [0, 0.1) is 0 Å². The Balaban J connectivity index is 2.80. The van der Waals surface area contributed by atoms with E-state index < -0.39 is 0 Å². The van der Waals surface area contributed by atoms with Crippen molar-refractivity contribution in [3.8, 4) is 0 Å². The van der Waals surface area contributed by atoms with Crippen molar-refractivity contribution in [2.75, 3.05) is 6.26 Å². The number of hydrogen-bond acceptors (Lipinski definition) is 2. The predicted octanol–water partition coefficient (Wildman–Crippen LogP) is 1.66. The van der Waals surface area contributed by atoms with Gasteiger partial charge in [0.05, 0.1) is 0 Å². The molecule has 0 spiro atoms. The van der Waals surface area contributed by atoms with Crippen molar-refractivity contribution >= 4 is 17.7 Å². The van der Waals surface area contributed by atoms with E-state index >= 15 is 0 Å². The number of hydrogen-bond donors (Lipinski definition) is 1. The van der Waals surface area contributed by atoms with E-state index in [0.717, 1.165) is 10.5 Å². The van der Waals surface area contributed by atoms with E-state index in [1.54, 1.807) is 18.0 Å². The first-order valence-corrected chi connectivity index (χ1v) is 4.65. The second-order valence-electron chi connectivity index (χ2n) is 2.49. The van der Waals surface area contributed by atoms with E-state index in [-0.39, 0.29) is 5.91 Å². The van der Waals surface area contributed by atoms with Crippen LogP contribution in [0.1, 0.15) is 13.3 Å². The summed E-state index contributed by atoms with van der Waals surface area (Å²) in [6, 6.07) is 0. The zero-order valence-corrected chi connectivity index (χ0v) is 7.49. The smallest absolute Gasteiger partial charge is 0.228 e. The Bertz CT molecular complexity index is 230. The van der Waals surface area contributed by atoms with Crippen LogP contribution in [0.4, 0.5) is 0 Å². The molecule has 3 heteroatoms. The summed E-state index contributed by atoms with van der Waals surface area (Å²) in [5, 5.41) is 2.70. The lowest BCUT2D eigenvalue weighted by molar-refractivity contribution is -0.119. The molecule has 60 valence electrons. The number of nitrogens with one attached hydrogen (secondary N) is 1. The molecule has 0 radical (unpaired) electrons. The molecule has 0 atom stereocenters. The van der Waals surface area contributed by atoms with E-state index in [4.69, 9.17) is 0 Å². The molecule has 1 heterocycles. The van der Waals surface area contributed by atoms with Crippen molar-refractivity contribution in [1.29, 1.82) is 0 Å². The first-order chi connectivity index (χ1) is 5.22. The molecule has 0 aromatic rings. The van der Waals surface area contributed by atoms with E-state index in [2.05, 4.69) is 5.32 Å². The van der Waals surface area contributed by atoms with Crippen molar-refractivity contribution in [2.45, 2.75) is 13.3 Å². The lowest BCUT2D eigenvalue weighted by Gasteiger charge is -1.93. The number of carbonyl (C=O) groups excluding carboxylic acids is 1. The van der Waals surface area contributed by atoms with Gasteiger partial charge in [0.2, 0.25) is 5.91 Å². The minimum absolute atomic E-state index is 0.0720. The third kappa shape index (κ3) is 2.42. The van der Waals surface area contributed by atoms with Gasteiger partial charge in [-0.3, -0.25) is 4.79 Å². The van der Waals surface area contributed by atoms with E-state index in [0.29, 0.717) is 6.42 Å². The minimum Gasteiger partial charge on any atom is -0.331 e. The van der Waals surface area contributed by atoms with Crippen LogP contribution in [-0.4, -0.2) is 12.2 Å². The Morgan fingerprint density at radius 1 is 1.64 bits per heavy atom. The normalized spacial score (nSPS) is 18.2. The van der Waals surface area contributed by atoms with E-state index in [9.17, 15) is 4.79 Å². The van der Waals surface area contributed by atoms with Crippen molar-refractivity contribution in [2.24, 2.45) is 0 Å². The molecule has 0 aliphatic carbocycles. The molecule has 1 aliphatic rings. The van der Waals surface area contributed by atoms with Gasteiger partial charge in [-0.2, -0.15) is 0 Å². The summed E-state index contributed by atoms with van der Waals surface area (Å²) < 4.78 is 0. The molecule has 0 saturated carbocycles. The highest BCUT2D eigenvalue weighted by molar-refractivity contribution is 8.02. The van der Waals surface area contributed by atoms with Gasteiger partial charge in [-0.1, -0.05) is 5.57 Å². The fourth-order valence-electron chi connectivity index (χ4n) is 0.909. The second-order valence-corrected chi connectivity index (χ2v) is 3.37.